The predicted octanol–water partition coefficient (Wildman–Crippen LogP) is 3.03. The molecule has 6 nitrogen and oxygen atoms in total. The summed E-state index contributed by atoms with van der Waals surface area (Å²) in [4.78, 5) is 14.2. The fraction of sp³-hybridized carbons (Fsp3) is 0.500. The van der Waals surface area contributed by atoms with Crippen LogP contribution in [0.3, 0.4) is 0 Å². The Morgan fingerprint density at radius 3 is 2.80 bits per heavy atom. The summed E-state index contributed by atoms with van der Waals surface area (Å²) in [6.45, 7) is 3.34. The largest absolute Gasteiger partial charge is 0.474 e. The molecule has 2 heterocycles. The zero-order chi connectivity index (χ0) is 17.5. The van der Waals surface area contributed by atoms with Crippen LogP contribution in [0.15, 0.2) is 29.5 Å². The van der Waals surface area contributed by atoms with Gasteiger partial charge in [-0.3, -0.25) is 4.99 Å². The molecular formula is C18H25N5OS. The Labute approximate surface area is 152 Å². The zero-order valence-electron chi connectivity index (χ0n) is 14.8. The van der Waals surface area contributed by atoms with Crippen molar-refractivity contribution in [1.82, 2.24) is 20.6 Å². The third kappa shape index (κ3) is 5.16. The second kappa shape index (κ2) is 8.80. The number of nitrogens with one attached hydrogen (secondary N) is 2. The van der Waals surface area contributed by atoms with Crippen molar-refractivity contribution >= 4 is 17.3 Å². The standard InChI is InChI=1S/C18H25N5OS/c1-13-10-21-16(25-13)12-23-18(19-2)22-11-14-6-5-9-20-17(14)24-15-7-3-4-8-15/h5-6,9-10,15H,3-4,7-8,11-12H2,1-2H3,(H2,19,22,23). The number of ether oxygens (including phenoxy) is 1. The number of rotatable bonds is 6. The molecule has 1 aliphatic carbocycles. The number of aromatic nitrogens is 2. The molecule has 0 aromatic carbocycles. The number of nitrogens with zero attached hydrogens (tertiary/aromatic N) is 3. The molecule has 1 fully saturated rings. The second-order valence-corrected chi connectivity index (χ2v) is 7.46. The number of guanidine groups is 1. The quantitative estimate of drug-likeness (QED) is 0.613. The monoisotopic (exact) mass is 359 g/mol. The summed E-state index contributed by atoms with van der Waals surface area (Å²) < 4.78 is 6.08. The molecule has 2 N–H and O–H groups in total. The van der Waals surface area contributed by atoms with Crippen LogP contribution in [0.25, 0.3) is 0 Å². The normalized spacial score (nSPS) is 15.4. The molecule has 0 aliphatic heterocycles. The predicted molar refractivity (Wildman–Crippen MR) is 101 cm³/mol. The maximum absolute atomic E-state index is 6.08. The molecule has 0 unspecified atom stereocenters. The van der Waals surface area contributed by atoms with Crippen LogP contribution in [-0.4, -0.2) is 29.1 Å². The highest BCUT2D eigenvalue weighted by Crippen LogP contribution is 2.24. The van der Waals surface area contributed by atoms with Crippen molar-refractivity contribution in [1.29, 1.82) is 0 Å². The van der Waals surface area contributed by atoms with Gasteiger partial charge in [0, 0.05) is 36.4 Å². The van der Waals surface area contributed by atoms with Gasteiger partial charge in [-0.15, -0.1) is 11.3 Å². The summed E-state index contributed by atoms with van der Waals surface area (Å²) in [6, 6.07) is 3.98. The van der Waals surface area contributed by atoms with E-state index in [2.05, 4.69) is 32.5 Å². The average Bonchev–Trinajstić information content (AvgIpc) is 3.28. The number of hydrogen-bond donors (Lipinski definition) is 2. The lowest BCUT2D eigenvalue weighted by molar-refractivity contribution is 0.199. The summed E-state index contributed by atoms with van der Waals surface area (Å²) >= 11 is 1.69. The molecule has 0 amide bonds. The van der Waals surface area contributed by atoms with E-state index in [4.69, 9.17) is 4.74 Å². The van der Waals surface area contributed by atoms with Crippen molar-refractivity contribution in [2.45, 2.75) is 51.8 Å². The number of hydrogen-bond acceptors (Lipinski definition) is 5. The molecule has 0 saturated heterocycles. The summed E-state index contributed by atoms with van der Waals surface area (Å²) in [7, 11) is 1.77. The highest BCUT2D eigenvalue weighted by Gasteiger charge is 2.18. The minimum absolute atomic E-state index is 0.305. The van der Waals surface area contributed by atoms with E-state index in [0.29, 0.717) is 19.2 Å². The molecule has 0 radical (unpaired) electrons. The van der Waals surface area contributed by atoms with Gasteiger partial charge in [0.25, 0.3) is 0 Å². The summed E-state index contributed by atoms with van der Waals surface area (Å²) in [5, 5.41) is 7.66. The van der Waals surface area contributed by atoms with Gasteiger partial charge in [-0.05, 0) is 38.7 Å². The summed E-state index contributed by atoms with van der Waals surface area (Å²) in [5.74, 6) is 1.47. The fourth-order valence-corrected chi connectivity index (χ4v) is 3.60. The highest BCUT2D eigenvalue weighted by molar-refractivity contribution is 7.11. The second-order valence-electron chi connectivity index (χ2n) is 6.14. The first kappa shape index (κ1) is 17.7. The van der Waals surface area contributed by atoms with Crippen LogP contribution < -0.4 is 15.4 Å². The Balaban J connectivity index is 1.54. The molecule has 3 rings (SSSR count). The Kier molecular flexibility index (Phi) is 6.22. The molecular weight excluding hydrogens is 334 g/mol. The molecule has 25 heavy (non-hydrogen) atoms. The van der Waals surface area contributed by atoms with E-state index >= 15 is 0 Å². The lowest BCUT2D eigenvalue weighted by atomic mass is 10.2. The SMILES string of the molecule is CN=C(NCc1ncc(C)s1)NCc1cccnc1OC1CCCC1. The fourth-order valence-electron chi connectivity index (χ4n) is 2.87. The molecule has 2 aromatic heterocycles. The van der Waals surface area contributed by atoms with Gasteiger partial charge in [0.1, 0.15) is 11.1 Å². The summed E-state index contributed by atoms with van der Waals surface area (Å²) in [5.41, 5.74) is 1.04. The van der Waals surface area contributed by atoms with Gasteiger partial charge in [0.15, 0.2) is 5.96 Å². The number of pyridine rings is 1. The first-order valence-electron chi connectivity index (χ1n) is 8.71. The zero-order valence-corrected chi connectivity index (χ0v) is 15.6. The minimum Gasteiger partial charge on any atom is -0.474 e. The van der Waals surface area contributed by atoms with Gasteiger partial charge in [-0.1, -0.05) is 6.07 Å². The van der Waals surface area contributed by atoms with E-state index in [-0.39, 0.29) is 0 Å². The third-order valence-electron chi connectivity index (χ3n) is 4.18. The Bertz CT molecular complexity index is 709. The van der Waals surface area contributed by atoms with Crippen molar-refractivity contribution < 1.29 is 4.74 Å². The minimum atomic E-state index is 0.305. The molecule has 2 aromatic rings. The maximum atomic E-state index is 6.08. The molecule has 0 atom stereocenters. The van der Waals surface area contributed by atoms with E-state index in [1.165, 1.54) is 17.7 Å². The first-order valence-corrected chi connectivity index (χ1v) is 9.52. The van der Waals surface area contributed by atoms with E-state index in [0.717, 1.165) is 35.3 Å². The topological polar surface area (TPSA) is 71.4 Å². The molecule has 7 heteroatoms. The van der Waals surface area contributed by atoms with Crippen molar-refractivity contribution in [2.75, 3.05) is 7.05 Å². The molecule has 134 valence electrons. The van der Waals surface area contributed by atoms with E-state index < -0.39 is 0 Å². The van der Waals surface area contributed by atoms with E-state index in [1.54, 1.807) is 24.6 Å². The molecule has 0 spiro atoms. The lowest BCUT2D eigenvalue weighted by Crippen LogP contribution is -2.36. The van der Waals surface area contributed by atoms with Crippen LogP contribution in [0.2, 0.25) is 0 Å². The van der Waals surface area contributed by atoms with E-state index in [9.17, 15) is 0 Å². The summed E-state index contributed by atoms with van der Waals surface area (Å²) in [6.07, 6.45) is 8.72. The molecule has 1 aliphatic rings. The Hall–Kier alpha value is -2.15. The Morgan fingerprint density at radius 1 is 1.28 bits per heavy atom. The highest BCUT2D eigenvalue weighted by atomic mass is 32.1. The molecule has 1 saturated carbocycles. The van der Waals surface area contributed by atoms with Gasteiger partial charge in [-0.2, -0.15) is 0 Å². The van der Waals surface area contributed by atoms with Gasteiger partial charge < -0.3 is 15.4 Å². The van der Waals surface area contributed by atoms with Crippen LogP contribution in [0.4, 0.5) is 0 Å². The van der Waals surface area contributed by atoms with Gasteiger partial charge in [0.2, 0.25) is 5.88 Å². The average molecular weight is 359 g/mol. The van der Waals surface area contributed by atoms with Crippen molar-refractivity contribution in [3.63, 3.8) is 0 Å². The third-order valence-corrected chi connectivity index (χ3v) is 5.09. The van der Waals surface area contributed by atoms with Gasteiger partial charge >= 0.3 is 0 Å². The van der Waals surface area contributed by atoms with Crippen LogP contribution in [0, 0.1) is 6.92 Å². The Morgan fingerprint density at radius 2 is 2.08 bits per heavy atom. The number of aryl methyl sites for hydroxylation is 1. The van der Waals surface area contributed by atoms with Crippen LogP contribution in [-0.2, 0) is 13.1 Å². The molecule has 0 bridgehead atoms. The van der Waals surface area contributed by atoms with Crippen LogP contribution >= 0.6 is 11.3 Å². The van der Waals surface area contributed by atoms with Crippen LogP contribution in [0.1, 0.15) is 41.1 Å². The van der Waals surface area contributed by atoms with Gasteiger partial charge in [-0.25, -0.2) is 9.97 Å². The smallest absolute Gasteiger partial charge is 0.218 e. The van der Waals surface area contributed by atoms with Gasteiger partial charge in [0.05, 0.1) is 6.54 Å². The van der Waals surface area contributed by atoms with E-state index in [1.807, 2.05) is 18.3 Å². The first-order chi connectivity index (χ1) is 12.2. The maximum Gasteiger partial charge on any atom is 0.218 e. The number of aliphatic imine (C=N–C) groups is 1. The van der Waals surface area contributed by atoms with Crippen molar-refractivity contribution in [3.05, 3.63) is 40.0 Å². The van der Waals surface area contributed by atoms with Crippen LogP contribution in [0.5, 0.6) is 5.88 Å². The van der Waals surface area contributed by atoms with Crippen molar-refractivity contribution in [2.24, 2.45) is 4.99 Å². The number of thiazole rings is 1. The van der Waals surface area contributed by atoms with Crippen molar-refractivity contribution in [3.8, 4) is 5.88 Å². The lowest BCUT2D eigenvalue weighted by Gasteiger charge is -2.16.